The second-order valence-electron chi connectivity index (χ2n) is 6.00. The normalized spacial score (nSPS) is 12.5. The Bertz CT molecular complexity index is 1470. The highest BCUT2D eigenvalue weighted by Crippen LogP contribution is 2.28. The molecule has 1 aromatic carbocycles. The van der Waals surface area contributed by atoms with E-state index in [9.17, 15) is 4.79 Å². The van der Waals surface area contributed by atoms with Crippen LogP contribution in [0.25, 0.3) is 33.5 Å². The number of furan rings is 1. The van der Waals surface area contributed by atoms with E-state index in [1.165, 1.54) is 15.7 Å². The molecule has 0 aliphatic heterocycles. The number of thiazole rings is 1. The molecule has 5 rings (SSSR count). The van der Waals surface area contributed by atoms with Crippen molar-refractivity contribution in [2.75, 3.05) is 0 Å². The summed E-state index contributed by atoms with van der Waals surface area (Å²) in [6, 6.07) is 10.6. The Hall–Kier alpha value is -2.19. The Labute approximate surface area is 180 Å². The van der Waals surface area contributed by atoms with Crippen LogP contribution in [0.3, 0.4) is 0 Å². The van der Waals surface area contributed by atoms with E-state index in [-0.39, 0.29) is 5.56 Å². The lowest BCUT2D eigenvalue weighted by Gasteiger charge is -1.99. The molecule has 0 saturated heterocycles. The summed E-state index contributed by atoms with van der Waals surface area (Å²) in [5.74, 6) is 1.16. The number of imidazole rings is 1. The molecule has 0 N–H and O–H groups in total. The van der Waals surface area contributed by atoms with Crippen molar-refractivity contribution in [3.63, 3.8) is 0 Å². The summed E-state index contributed by atoms with van der Waals surface area (Å²) in [5.41, 5.74) is 1.79. The Balaban J connectivity index is 1.62. The van der Waals surface area contributed by atoms with Crippen LogP contribution < -0.4 is 10.1 Å². The van der Waals surface area contributed by atoms with Crippen LogP contribution in [0.4, 0.5) is 0 Å². The van der Waals surface area contributed by atoms with E-state index in [1.54, 1.807) is 36.5 Å². The molecule has 0 amide bonds. The molecule has 0 atom stereocenters. The highest BCUT2D eigenvalue weighted by Gasteiger charge is 2.13. The van der Waals surface area contributed by atoms with Crippen LogP contribution in [0.1, 0.15) is 5.76 Å². The first kappa shape index (κ1) is 17.9. The molecular formula is C19H8BrCl2N3O2S. The average Bonchev–Trinajstić information content (AvgIpc) is 3.30. The lowest BCUT2D eigenvalue weighted by atomic mass is 10.2. The number of hydrogen-bond donors (Lipinski definition) is 0. The zero-order valence-corrected chi connectivity index (χ0v) is 17.7. The maximum absolute atomic E-state index is 12.8. The molecule has 0 radical (unpaired) electrons. The van der Waals surface area contributed by atoms with Gasteiger partial charge < -0.3 is 4.42 Å². The summed E-state index contributed by atoms with van der Waals surface area (Å²) in [4.78, 5) is 22.2. The van der Waals surface area contributed by atoms with E-state index >= 15 is 0 Å². The van der Waals surface area contributed by atoms with Crippen molar-refractivity contribution in [1.82, 2.24) is 14.4 Å². The van der Waals surface area contributed by atoms with Gasteiger partial charge in [0, 0.05) is 32.4 Å². The molecule has 5 nitrogen and oxygen atoms in total. The fraction of sp³-hybridized carbons (Fsp3) is 0. The van der Waals surface area contributed by atoms with Crippen molar-refractivity contribution in [3.05, 3.63) is 77.8 Å². The van der Waals surface area contributed by atoms with Gasteiger partial charge in [-0.25, -0.2) is 14.4 Å². The molecule has 0 spiro atoms. The van der Waals surface area contributed by atoms with Gasteiger partial charge in [-0.15, -0.1) is 0 Å². The highest BCUT2D eigenvalue weighted by atomic mass is 79.9. The number of benzene rings is 1. The van der Waals surface area contributed by atoms with Crippen molar-refractivity contribution >= 4 is 72.7 Å². The van der Waals surface area contributed by atoms with Gasteiger partial charge in [-0.1, -0.05) is 34.5 Å². The molecule has 4 heterocycles. The first-order valence-corrected chi connectivity index (χ1v) is 10.4. The second kappa shape index (κ2) is 6.70. The van der Waals surface area contributed by atoms with E-state index in [0.717, 1.165) is 10.0 Å². The standard InChI is InChI=1S/C19H8BrCl2N3O2S/c20-10-5-14-17(23-8-10)25-18(26)16(28-19(25)24-14)7-13-1-2-15(27-13)9-3-11(21)6-12(22)4-9/h1-8H/b16-7+. The summed E-state index contributed by atoms with van der Waals surface area (Å²) < 4.78 is 8.70. The number of aromatic nitrogens is 3. The van der Waals surface area contributed by atoms with Crippen LogP contribution in [-0.4, -0.2) is 14.4 Å². The van der Waals surface area contributed by atoms with E-state index in [4.69, 9.17) is 27.6 Å². The van der Waals surface area contributed by atoms with E-state index < -0.39 is 0 Å². The largest absolute Gasteiger partial charge is 0.457 e. The average molecular weight is 493 g/mol. The molecule has 0 fully saturated rings. The SMILES string of the molecule is O=c1/c(=C\c2ccc(-c3cc(Cl)cc(Cl)c3)o2)sc2nc3cc(Br)cnc3n12. The summed E-state index contributed by atoms with van der Waals surface area (Å²) in [5, 5.41) is 1.05. The van der Waals surface area contributed by atoms with Crippen LogP contribution in [-0.2, 0) is 0 Å². The number of fused-ring (bicyclic) bond motifs is 3. The van der Waals surface area contributed by atoms with Gasteiger partial charge in [-0.05, 0) is 52.3 Å². The molecule has 28 heavy (non-hydrogen) atoms. The van der Waals surface area contributed by atoms with Gasteiger partial charge in [-0.3, -0.25) is 4.79 Å². The zero-order valence-electron chi connectivity index (χ0n) is 13.8. The van der Waals surface area contributed by atoms with Crippen LogP contribution in [0.15, 0.2) is 56.3 Å². The van der Waals surface area contributed by atoms with Crippen molar-refractivity contribution < 1.29 is 4.42 Å². The zero-order chi connectivity index (χ0) is 19.4. The minimum atomic E-state index is -0.180. The van der Waals surface area contributed by atoms with Gasteiger partial charge in [0.1, 0.15) is 21.6 Å². The molecule has 4 aromatic heterocycles. The third kappa shape index (κ3) is 3.04. The van der Waals surface area contributed by atoms with Gasteiger partial charge in [0.05, 0.1) is 0 Å². The number of nitrogens with zero attached hydrogens (tertiary/aromatic N) is 3. The Morgan fingerprint density at radius 3 is 2.71 bits per heavy atom. The van der Waals surface area contributed by atoms with Gasteiger partial charge >= 0.3 is 0 Å². The van der Waals surface area contributed by atoms with E-state index in [0.29, 0.717) is 42.2 Å². The van der Waals surface area contributed by atoms with Crippen molar-refractivity contribution in [2.24, 2.45) is 0 Å². The van der Waals surface area contributed by atoms with Crippen molar-refractivity contribution in [1.29, 1.82) is 0 Å². The third-order valence-electron chi connectivity index (χ3n) is 4.10. The molecule has 0 unspecified atom stereocenters. The molecule has 0 aliphatic carbocycles. The first-order valence-electron chi connectivity index (χ1n) is 8.02. The summed E-state index contributed by atoms with van der Waals surface area (Å²) >= 11 is 16.8. The second-order valence-corrected chi connectivity index (χ2v) is 8.80. The monoisotopic (exact) mass is 491 g/mol. The van der Waals surface area contributed by atoms with Gasteiger partial charge in [0.15, 0.2) is 10.6 Å². The maximum atomic E-state index is 12.8. The number of rotatable bonds is 2. The number of hydrogen-bond acceptors (Lipinski definition) is 5. The van der Waals surface area contributed by atoms with Gasteiger partial charge in [0.25, 0.3) is 5.56 Å². The quantitative estimate of drug-likeness (QED) is 0.340. The number of halogens is 3. The lowest BCUT2D eigenvalue weighted by molar-refractivity contribution is 0.571. The smallest absolute Gasteiger partial charge is 0.276 e. The van der Waals surface area contributed by atoms with Crippen molar-refractivity contribution in [3.8, 4) is 11.3 Å². The summed E-state index contributed by atoms with van der Waals surface area (Å²) in [6.07, 6.45) is 3.34. The predicted molar refractivity (Wildman–Crippen MR) is 115 cm³/mol. The number of pyridine rings is 1. The Kier molecular flexibility index (Phi) is 4.28. The van der Waals surface area contributed by atoms with E-state index in [2.05, 4.69) is 25.9 Å². The molecule has 0 bridgehead atoms. The van der Waals surface area contributed by atoms with Crippen LogP contribution in [0.2, 0.25) is 10.0 Å². The van der Waals surface area contributed by atoms with E-state index in [1.807, 2.05) is 12.1 Å². The third-order valence-corrected chi connectivity index (χ3v) is 5.93. The minimum Gasteiger partial charge on any atom is -0.457 e. The minimum absolute atomic E-state index is 0.180. The Morgan fingerprint density at radius 2 is 1.93 bits per heavy atom. The lowest BCUT2D eigenvalue weighted by Crippen LogP contribution is -2.22. The molecular weight excluding hydrogens is 485 g/mol. The van der Waals surface area contributed by atoms with Gasteiger partial charge in [-0.2, -0.15) is 0 Å². The Morgan fingerprint density at radius 1 is 1.14 bits per heavy atom. The topological polar surface area (TPSA) is 60.4 Å². The van der Waals surface area contributed by atoms with Crippen LogP contribution in [0.5, 0.6) is 0 Å². The molecule has 138 valence electrons. The predicted octanol–water partition coefficient (Wildman–Crippen LogP) is 5.18. The molecule has 0 aliphatic rings. The molecule has 0 saturated carbocycles. The molecule has 9 heteroatoms. The van der Waals surface area contributed by atoms with Crippen LogP contribution in [0, 0.1) is 0 Å². The van der Waals surface area contributed by atoms with Crippen LogP contribution >= 0.6 is 50.5 Å². The first-order chi connectivity index (χ1) is 13.5. The summed E-state index contributed by atoms with van der Waals surface area (Å²) in [7, 11) is 0. The fourth-order valence-corrected chi connectivity index (χ4v) is 4.73. The molecule has 5 aromatic rings. The van der Waals surface area contributed by atoms with Crippen molar-refractivity contribution in [2.45, 2.75) is 0 Å². The highest BCUT2D eigenvalue weighted by molar-refractivity contribution is 9.10. The fourth-order valence-electron chi connectivity index (χ4n) is 2.93. The van der Waals surface area contributed by atoms with Gasteiger partial charge in [0.2, 0.25) is 0 Å². The summed E-state index contributed by atoms with van der Waals surface area (Å²) in [6.45, 7) is 0. The maximum Gasteiger partial charge on any atom is 0.276 e.